The van der Waals surface area contributed by atoms with Crippen molar-refractivity contribution in [1.82, 2.24) is 20.1 Å². The number of amides is 1. The number of rotatable bonds is 6. The van der Waals surface area contributed by atoms with Crippen LogP contribution in [0.25, 0.3) is 5.69 Å². The van der Waals surface area contributed by atoms with Gasteiger partial charge in [-0.25, -0.2) is 9.67 Å². The number of carbonyl (C=O) groups excluding carboxylic acids is 1. The van der Waals surface area contributed by atoms with Crippen LogP contribution in [-0.4, -0.2) is 26.4 Å². The average Bonchev–Trinajstić information content (AvgIpc) is 3.09. The second-order valence-corrected chi connectivity index (χ2v) is 6.02. The van der Waals surface area contributed by atoms with Gasteiger partial charge in [0.2, 0.25) is 0 Å². The number of nitrogens with zero attached hydrogens (tertiary/aromatic N) is 3. The third-order valence-electron chi connectivity index (χ3n) is 3.33. The number of benzene rings is 1. The van der Waals surface area contributed by atoms with Crippen molar-refractivity contribution in [3.63, 3.8) is 0 Å². The minimum Gasteiger partial charge on any atom is -0.348 e. The summed E-state index contributed by atoms with van der Waals surface area (Å²) in [6.45, 7) is 0.235. The molecule has 5 nitrogen and oxygen atoms in total. The lowest BCUT2D eigenvalue weighted by Crippen LogP contribution is -2.23. The van der Waals surface area contributed by atoms with E-state index >= 15 is 0 Å². The molecule has 0 spiro atoms. The van der Waals surface area contributed by atoms with Crippen molar-refractivity contribution in [2.75, 3.05) is 0 Å². The van der Waals surface area contributed by atoms with Gasteiger partial charge in [0.1, 0.15) is 5.03 Å². The van der Waals surface area contributed by atoms with Crippen LogP contribution in [-0.2, 0) is 6.54 Å². The third kappa shape index (κ3) is 4.42. The van der Waals surface area contributed by atoms with Crippen molar-refractivity contribution in [3.8, 4) is 5.69 Å². The number of halogens is 2. The standard InChI is InChI=1S/C17H14F2N4OS/c18-17(19)25-16-14(7-4-8-20-16)15(24)21-9-12-10-22-23(11-12)13-5-2-1-3-6-13/h1-8,10-11,17H,9H2,(H,21,24). The Morgan fingerprint density at radius 2 is 2.00 bits per heavy atom. The van der Waals surface area contributed by atoms with Gasteiger partial charge in [-0.15, -0.1) is 0 Å². The molecular weight excluding hydrogens is 346 g/mol. The molecule has 0 aliphatic rings. The molecule has 25 heavy (non-hydrogen) atoms. The van der Waals surface area contributed by atoms with Crippen LogP contribution in [0.15, 0.2) is 66.1 Å². The quantitative estimate of drug-likeness (QED) is 0.684. The highest BCUT2D eigenvalue weighted by Gasteiger charge is 2.16. The maximum atomic E-state index is 12.6. The Bertz CT molecular complexity index is 855. The summed E-state index contributed by atoms with van der Waals surface area (Å²) in [5.74, 6) is -3.09. The molecule has 0 radical (unpaired) electrons. The van der Waals surface area contributed by atoms with Crippen LogP contribution in [0.1, 0.15) is 15.9 Å². The van der Waals surface area contributed by atoms with Crippen LogP contribution >= 0.6 is 11.8 Å². The molecule has 0 bridgehead atoms. The molecule has 0 aliphatic heterocycles. The number of pyridine rings is 1. The number of alkyl halides is 2. The zero-order valence-electron chi connectivity index (χ0n) is 13.0. The van der Waals surface area contributed by atoms with Gasteiger partial charge in [-0.3, -0.25) is 4.79 Å². The smallest absolute Gasteiger partial charge is 0.290 e. The van der Waals surface area contributed by atoms with Gasteiger partial charge in [0.15, 0.2) is 0 Å². The highest BCUT2D eigenvalue weighted by Crippen LogP contribution is 2.26. The predicted octanol–water partition coefficient (Wildman–Crippen LogP) is 3.51. The number of carbonyl (C=O) groups is 1. The van der Waals surface area contributed by atoms with E-state index in [1.54, 1.807) is 17.1 Å². The highest BCUT2D eigenvalue weighted by molar-refractivity contribution is 7.99. The Kier molecular flexibility index (Phi) is 5.39. The fourth-order valence-electron chi connectivity index (χ4n) is 2.19. The fraction of sp³-hybridized carbons (Fsp3) is 0.118. The van der Waals surface area contributed by atoms with E-state index in [0.717, 1.165) is 11.3 Å². The molecule has 0 fully saturated rings. The molecule has 3 aromatic rings. The van der Waals surface area contributed by atoms with E-state index in [2.05, 4.69) is 15.4 Å². The first-order valence-electron chi connectivity index (χ1n) is 7.40. The number of hydrogen-bond acceptors (Lipinski definition) is 4. The fourth-order valence-corrected chi connectivity index (χ4v) is 2.77. The van der Waals surface area contributed by atoms with Crippen molar-refractivity contribution in [1.29, 1.82) is 0 Å². The first kappa shape index (κ1) is 17.1. The van der Waals surface area contributed by atoms with Crippen LogP contribution in [0.2, 0.25) is 0 Å². The van der Waals surface area contributed by atoms with E-state index in [1.807, 2.05) is 30.3 Å². The molecule has 128 valence electrons. The molecule has 8 heteroatoms. The highest BCUT2D eigenvalue weighted by atomic mass is 32.2. The largest absolute Gasteiger partial charge is 0.348 e. The molecule has 3 rings (SSSR count). The van der Waals surface area contributed by atoms with Crippen molar-refractivity contribution >= 4 is 17.7 Å². The zero-order valence-corrected chi connectivity index (χ0v) is 13.8. The van der Waals surface area contributed by atoms with Gasteiger partial charge < -0.3 is 5.32 Å². The maximum absolute atomic E-state index is 12.6. The first-order chi connectivity index (χ1) is 12.1. The van der Waals surface area contributed by atoms with E-state index < -0.39 is 11.7 Å². The summed E-state index contributed by atoms with van der Waals surface area (Å²) >= 11 is 0.255. The van der Waals surface area contributed by atoms with Crippen molar-refractivity contribution in [2.45, 2.75) is 17.3 Å². The normalized spacial score (nSPS) is 10.8. The number of para-hydroxylation sites is 1. The molecule has 1 amide bonds. The topological polar surface area (TPSA) is 59.8 Å². The third-order valence-corrected chi connectivity index (χ3v) is 4.05. The van der Waals surface area contributed by atoms with E-state index in [1.165, 1.54) is 18.3 Å². The minimum absolute atomic E-state index is 0.00924. The van der Waals surface area contributed by atoms with Gasteiger partial charge in [-0.2, -0.15) is 13.9 Å². The summed E-state index contributed by atoms with van der Waals surface area (Å²) in [5.41, 5.74) is 1.83. The molecule has 2 heterocycles. The van der Waals surface area contributed by atoms with Gasteiger partial charge in [-0.1, -0.05) is 18.2 Å². The molecule has 0 atom stereocenters. The zero-order chi connectivity index (χ0) is 17.6. The first-order valence-corrected chi connectivity index (χ1v) is 8.28. The number of hydrogen-bond donors (Lipinski definition) is 1. The second kappa shape index (κ2) is 7.89. The Balaban J connectivity index is 1.66. The molecule has 2 aromatic heterocycles. The van der Waals surface area contributed by atoms with Crippen molar-refractivity contribution in [3.05, 3.63) is 72.2 Å². The Hall–Kier alpha value is -2.74. The molecule has 1 aromatic carbocycles. The summed E-state index contributed by atoms with van der Waals surface area (Å²) in [6.07, 6.45) is 4.82. The van der Waals surface area contributed by atoms with E-state index in [4.69, 9.17) is 0 Å². The minimum atomic E-state index is -2.63. The van der Waals surface area contributed by atoms with Crippen LogP contribution in [0.5, 0.6) is 0 Å². The molecule has 1 N–H and O–H groups in total. The second-order valence-electron chi connectivity index (χ2n) is 5.05. The van der Waals surface area contributed by atoms with Gasteiger partial charge in [0.05, 0.1) is 17.4 Å². The van der Waals surface area contributed by atoms with Crippen LogP contribution in [0, 0.1) is 0 Å². The lowest BCUT2D eigenvalue weighted by atomic mass is 10.2. The number of nitrogens with one attached hydrogen (secondary N) is 1. The molecule has 0 saturated carbocycles. The maximum Gasteiger partial charge on any atom is 0.290 e. The lowest BCUT2D eigenvalue weighted by molar-refractivity contribution is 0.0947. The number of aromatic nitrogens is 3. The summed E-state index contributed by atoms with van der Waals surface area (Å²) < 4.78 is 26.8. The van der Waals surface area contributed by atoms with Crippen molar-refractivity contribution in [2.24, 2.45) is 0 Å². The predicted molar refractivity (Wildman–Crippen MR) is 90.8 cm³/mol. The summed E-state index contributed by atoms with van der Waals surface area (Å²) in [5, 5.41) is 6.96. The summed E-state index contributed by atoms with van der Waals surface area (Å²) in [4.78, 5) is 16.1. The van der Waals surface area contributed by atoms with E-state index in [-0.39, 0.29) is 28.9 Å². The van der Waals surface area contributed by atoms with Crippen molar-refractivity contribution < 1.29 is 13.6 Å². The van der Waals surface area contributed by atoms with Gasteiger partial charge in [0, 0.05) is 24.5 Å². The summed E-state index contributed by atoms with van der Waals surface area (Å²) in [7, 11) is 0. The monoisotopic (exact) mass is 360 g/mol. The summed E-state index contributed by atoms with van der Waals surface area (Å²) in [6, 6.07) is 12.6. The Morgan fingerprint density at radius 3 is 2.76 bits per heavy atom. The molecule has 0 saturated heterocycles. The molecule has 0 unspecified atom stereocenters. The molecular formula is C17H14F2N4OS. The van der Waals surface area contributed by atoms with Gasteiger partial charge in [-0.05, 0) is 36.0 Å². The molecule has 0 aliphatic carbocycles. The Labute approximate surface area is 147 Å². The van der Waals surface area contributed by atoms with E-state index in [9.17, 15) is 13.6 Å². The average molecular weight is 360 g/mol. The van der Waals surface area contributed by atoms with Gasteiger partial charge in [0.25, 0.3) is 11.7 Å². The van der Waals surface area contributed by atoms with E-state index in [0.29, 0.717) is 0 Å². The lowest BCUT2D eigenvalue weighted by Gasteiger charge is -2.07. The Morgan fingerprint density at radius 1 is 1.20 bits per heavy atom. The van der Waals surface area contributed by atoms with Gasteiger partial charge >= 0.3 is 0 Å². The number of thioether (sulfide) groups is 1. The van der Waals surface area contributed by atoms with Crippen LogP contribution < -0.4 is 5.32 Å². The van der Waals surface area contributed by atoms with Crippen LogP contribution in [0.3, 0.4) is 0 Å². The SMILES string of the molecule is O=C(NCc1cnn(-c2ccccc2)c1)c1cccnc1SC(F)F. The van der Waals surface area contributed by atoms with Crippen LogP contribution in [0.4, 0.5) is 8.78 Å².